The zero-order valence-corrected chi connectivity index (χ0v) is 15.3. The molecule has 2 aromatic carbocycles. The Kier molecular flexibility index (Phi) is 4.77. The maximum absolute atomic E-state index is 12.3. The van der Waals surface area contributed by atoms with Gasteiger partial charge in [0.05, 0.1) is 11.9 Å². The molecule has 0 saturated carbocycles. The van der Waals surface area contributed by atoms with E-state index in [4.69, 9.17) is 10.5 Å². The van der Waals surface area contributed by atoms with E-state index in [9.17, 15) is 4.79 Å². The molecule has 0 aliphatic carbocycles. The molecule has 4 aromatic rings. The standard InChI is InChI=1S/C20H20N6O2/c1-22-11-12-26-18-16(19(21)23-24-20(18)27)17(25-26)13-7-9-15(10-8-13)28-14-5-3-2-4-6-14/h2-10,22H,11-12H2,1H3,(H2,21,23)(H,24,27). The summed E-state index contributed by atoms with van der Waals surface area (Å²) in [7, 11) is 1.85. The molecule has 2 heterocycles. The molecule has 0 amide bonds. The van der Waals surface area contributed by atoms with Gasteiger partial charge in [-0.3, -0.25) is 9.48 Å². The van der Waals surface area contributed by atoms with Gasteiger partial charge >= 0.3 is 0 Å². The Bertz CT molecular complexity index is 1150. The first-order valence-electron chi connectivity index (χ1n) is 8.90. The lowest BCUT2D eigenvalue weighted by Crippen LogP contribution is -2.19. The number of aromatic nitrogens is 4. The summed E-state index contributed by atoms with van der Waals surface area (Å²) in [5, 5.41) is 14.6. The number of rotatable bonds is 6. The fraction of sp³-hybridized carbons (Fsp3) is 0.150. The smallest absolute Gasteiger partial charge is 0.290 e. The summed E-state index contributed by atoms with van der Waals surface area (Å²) in [6, 6.07) is 17.1. The number of anilines is 1. The van der Waals surface area contributed by atoms with Crippen molar-refractivity contribution in [1.82, 2.24) is 25.3 Å². The highest BCUT2D eigenvalue weighted by Gasteiger charge is 2.18. The van der Waals surface area contributed by atoms with Gasteiger partial charge in [-0.2, -0.15) is 10.2 Å². The summed E-state index contributed by atoms with van der Waals surface area (Å²) >= 11 is 0. The number of ether oxygens (including phenoxy) is 1. The minimum absolute atomic E-state index is 0.241. The van der Waals surface area contributed by atoms with Crippen molar-refractivity contribution in [2.24, 2.45) is 0 Å². The summed E-state index contributed by atoms with van der Waals surface area (Å²) < 4.78 is 7.49. The van der Waals surface area contributed by atoms with Crippen molar-refractivity contribution in [3.8, 4) is 22.8 Å². The number of nitrogen functional groups attached to an aromatic ring is 1. The third-order valence-electron chi connectivity index (χ3n) is 4.38. The molecule has 0 atom stereocenters. The van der Waals surface area contributed by atoms with E-state index in [1.807, 2.05) is 61.6 Å². The first kappa shape index (κ1) is 17.7. The molecule has 0 aliphatic rings. The Balaban J connectivity index is 1.74. The predicted molar refractivity (Wildman–Crippen MR) is 108 cm³/mol. The predicted octanol–water partition coefficient (Wildman–Crippen LogP) is 2.38. The fourth-order valence-corrected chi connectivity index (χ4v) is 3.04. The van der Waals surface area contributed by atoms with Crippen LogP contribution in [0, 0.1) is 0 Å². The van der Waals surface area contributed by atoms with Gasteiger partial charge in [-0.05, 0) is 43.4 Å². The van der Waals surface area contributed by atoms with Crippen LogP contribution < -0.4 is 21.3 Å². The number of nitrogens with two attached hydrogens (primary N) is 1. The maximum Gasteiger partial charge on any atom is 0.290 e. The lowest BCUT2D eigenvalue weighted by Gasteiger charge is -2.06. The van der Waals surface area contributed by atoms with Crippen molar-refractivity contribution in [3.05, 3.63) is 65.0 Å². The van der Waals surface area contributed by atoms with E-state index in [0.29, 0.717) is 35.4 Å². The lowest BCUT2D eigenvalue weighted by molar-refractivity contribution is 0.483. The molecule has 2 aromatic heterocycles. The Morgan fingerprint density at radius 2 is 1.82 bits per heavy atom. The second-order valence-electron chi connectivity index (χ2n) is 6.28. The minimum Gasteiger partial charge on any atom is -0.457 e. The number of likely N-dealkylation sites (N-methyl/N-ethyl adjacent to an activating group) is 1. The zero-order valence-electron chi connectivity index (χ0n) is 15.3. The summed E-state index contributed by atoms with van der Waals surface area (Å²) in [6.07, 6.45) is 0. The third-order valence-corrected chi connectivity index (χ3v) is 4.38. The van der Waals surface area contributed by atoms with Crippen molar-refractivity contribution in [2.75, 3.05) is 19.3 Å². The molecule has 0 saturated heterocycles. The van der Waals surface area contributed by atoms with E-state index in [2.05, 4.69) is 20.6 Å². The Labute approximate surface area is 161 Å². The van der Waals surface area contributed by atoms with Crippen LogP contribution in [0.25, 0.3) is 22.2 Å². The molecule has 0 bridgehead atoms. The van der Waals surface area contributed by atoms with Gasteiger partial charge in [0.2, 0.25) is 0 Å². The van der Waals surface area contributed by atoms with E-state index >= 15 is 0 Å². The van der Waals surface area contributed by atoms with Crippen LogP contribution in [-0.2, 0) is 6.54 Å². The van der Waals surface area contributed by atoms with Gasteiger partial charge in [-0.25, -0.2) is 5.10 Å². The first-order valence-corrected chi connectivity index (χ1v) is 8.90. The van der Waals surface area contributed by atoms with Crippen molar-refractivity contribution in [3.63, 3.8) is 0 Å². The highest BCUT2D eigenvalue weighted by atomic mass is 16.5. The molecule has 8 heteroatoms. The van der Waals surface area contributed by atoms with Crippen LogP contribution >= 0.6 is 0 Å². The second kappa shape index (κ2) is 7.53. The number of benzene rings is 2. The molecule has 4 N–H and O–H groups in total. The molecule has 0 aliphatic heterocycles. The maximum atomic E-state index is 12.3. The molecule has 28 heavy (non-hydrogen) atoms. The number of hydrogen-bond acceptors (Lipinski definition) is 6. The Morgan fingerprint density at radius 3 is 2.54 bits per heavy atom. The van der Waals surface area contributed by atoms with E-state index in [0.717, 1.165) is 11.3 Å². The van der Waals surface area contributed by atoms with Crippen LogP contribution in [0.5, 0.6) is 11.5 Å². The van der Waals surface area contributed by atoms with E-state index < -0.39 is 0 Å². The highest BCUT2D eigenvalue weighted by Crippen LogP contribution is 2.31. The number of hydrogen-bond donors (Lipinski definition) is 3. The number of para-hydroxylation sites is 1. The summed E-state index contributed by atoms with van der Waals surface area (Å²) in [5.41, 5.74) is 7.61. The Morgan fingerprint density at radius 1 is 1.11 bits per heavy atom. The number of fused-ring (bicyclic) bond motifs is 1. The van der Waals surface area contributed by atoms with Gasteiger partial charge in [0, 0.05) is 12.1 Å². The number of nitrogens with zero attached hydrogens (tertiary/aromatic N) is 3. The van der Waals surface area contributed by atoms with Crippen molar-refractivity contribution in [1.29, 1.82) is 0 Å². The van der Waals surface area contributed by atoms with Gasteiger partial charge in [-0.1, -0.05) is 18.2 Å². The van der Waals surface area contributed by atoms with Crippen LogP contribution in [0.15, 0.2) is 59.4 Å². The largest absolute Gasteiger partial charge is 0.457 e. The third kappa shape index (κ3) is 3.33. The molecule has 0 fully saturated rings. The summed E-state index contributed by atoms with van der Waals surface area (Å²) in [5.74, 6) is 1.71. The van der Waals surface area contributed by atoms with E-state index in [1.54, 1.807) is 4.68 Å². The van der Waals surface area contributed by atoms with Crippen molar-refractivity contribution >= 4 is 16.7 Å². The Hall–Kier alpha value is -3.65. The van der Waals surface area contributed by atoms with Crippen molar-refractivity contribution in [2.45, 2.75) is 6.54 Å². The topological polar surface area (TPSA) is 111 Å². The number of aromatic amines is 1. The lowest BCUT2D eigenvalue weighted by atomic mass is 10.1. The van der Waals surface area contributed by atoms with Gasteiger partial charge in [-0.15, -0.1) is 0 Å². The number of nitrogens with one attached hydrogen (secondary N) is 2. The average molecular weight is 376 g/mol. The van der Waals surface area contributed by atoms with E-state index in [1.165, 1.54) is 0 Å². The average Bonchev–Trinajstić information content (AvgIpc) is 3.11. The van der Waals surface area contributed by atoms with Crippen LogP contribution in [0.2, 0.25) is 0 Å². The van der Waals surface area contributed by atoms with Crippen LogP contribution in [0.3, 0.4) is 0 Å². The van der Waals surface area contributed by atoms with Gasteiger partial charge < -0.3 is 15.8 Å². The molecule has 0 spiro atoms. The van der Waals surface area contributed by atoms with Crippen molar-refractivity contribution < 1.29 is 4.74 Å². The fourth-order valence-electron chi connectivity index (χ4n) is 3.04. The first-order chi connectivity index (χ1) is 13.7. The minimum atomic E-state index is -0.317. The normalized spacial score (nSPS) is 11.0. The van der Waals surface area contributed by atoms with Gasteiger partial charge in [0.25, 0.3) is 5.56 Å². The molecular formula is C20H20N6O2. The number of H-pyrrole nitrogens is 1. The van der Waals surface area contributed by atoms with Gasteiger partial charge in [0.1, 0.15) is 22.7 Å². The van der Waals surface area contributed by atoms with Crippen LogP contribution in [-0.4, -0.2) is 33.6 Å². The van der Waals surface area contributed by atoms with Crippen LogP contribution in [0.4, 0.5) is 5.82 Å². The molecule has 0 unspecified atom stereocenters. The van der Waals surface area contributed by atoms with E-state index in [-0.39, 0.29) is 11.4 Å². The molecule has 142 valence electrons. The highest BCUT2D eigenvalue weighted by molar-refractivity contribution is 5.99. The SMILES string of the molecule is CNCCn1nc(-c2ccc(Oc3ccccc3)cc2)c2c(N)n[nH]c(=O)c21. The summed E-state index contributed by atoms with van der Waals surface area (Å²) in [6.45, 7) is 1.20. The molecule has 4 rings (SSSR count). The molecule has 8 nitrogen and oxygen atoms in total. The molecule has 0 radical (unpaired) electrons. The monoisotopic (exact) mass is 376 g/mol. The molecular weight excluding hydrogens is 356 g/mol. The van der Waals surface area contributed by atoms with Crippen LogP contribution in [0.1, 0.15) is 0 Å². The van der Waals surface area contributed by atoms with Gasteiger partial charge in [0.15, 0.2) is 5.82 Å². The quantitative estimate of drug-likeness (QED) is 0.476. The second-order valence-corrected chi connectivity index (χ2v) is 6.28. The zero-order chi connectivity index (χ0) is 19.5. The summed E-state index contributed by atoms with van der Waals surface area (Å²) in [4.78, 5) is 12.3.